The van der Waals surface area contributed by atoms with E-state index in [0.29, 0.717) is 39.4 Å². The van der Waals surface area contributed by atoms with Crippen LogP contribution in [0, 0.1) is 5.82 Å². The maximum atomic E-state index is 16.5. The zero-order valence-electron chi connectivity index (χ0n) is 21.5. The summed E-state index contributed by atoms with van der Waals surface area (Å²) in [6, 6.07) is 16.7. The number of rotatable bonds is 7. The molecule has 2 bridgehead atoms. The van der Waals surface area contributed by atoms with Crippen molar-refractivity contribution >= 4 is 39.1 Å². The highest BCUT2D eigenvalue weighted by atomic mass is 35.5. The van der Waals surface area contributed by atoms with Gasteiger partial charge in [-0.1, -0.05) is 54.1 Å². The zero-order chi connectivity index (χ0) is 25.5. The van der Waals surface area contributed by atoms with E-state index in [0.717, 1.165) is 61.1 Å². The lowest BCUT2D eigenvalue weighted by Gasteiger charge is -2.34. The molecule has 0 radical (unpaired) electrons. The molecule has 0 unspecified atom stereocenters. The van der Waals surface area contributed by atoms with Gasteiger partial charge in [0, 0.05) is 42.5 Å². The Morgan fingerprint density at radius 2 is 1.76 bits per heavy atom. The lowest BCUT2D eigenvalue weighted by atomic mass is 9.96. The summed E-state index contributed by atoms with van der Waals surface area (Å²) in [5.74, 6) is 1.16. The third-order valence-electron chi connectivity index (χ3n) is 7.74. The van der Waals surface area contributed by atoms with Gasteiger partial charge in [-0.25, -0.2) is 14.4 Å². The van der Waals surface area contributed by atoms with Gasteiger partial charge in [0.15, 0.2) is 5.82 Å². The first-order valence-electron chi connectivity index (χ1n) is 13.3. The van der Waals surface area contributed by atoms with E-state index in [-0.39, 0.29) is 5.82 Å². The van der Waals surface area contributed by atoms with E-state index in [1.54, 1.807) is 0 Å². The number of hydrogen-bond acceptors (Lipinski definition) is 5. The minimum absolute atomic E-state index is 0.366. The van der Waals surface area contributed by atoms with E-state index in [1.807, 2.05) is 48.5 Å². The molecule has 3 aromatic carbocycles. The molecule has 0 saturated carbocycles. The summed E-state index contributed by atoms with van der Waals surface area (Å²) < 4.78 is 16.5. The number of benzene rings is 3. The number of aromatic nitrogens is 2. The lowest BCUT2D eigenvalue weighted by molar-refractivity contribution is 0.393. The van der Waals surface area contributed by atoms with E-state index in [1.165, 1.54) is 12.8 Å². The van der Waals surface area contributed by atoms with Gasteiger partial charge in [-0.2, -0.15) is 0 Å². The van der Waals surface area contributed by atoms with Crippen molar-refractivity contribution in [2.45, 2.75) is 44.2 Å². The maximum Gasteiger partial charge on any atom is 0.158 e. The summed E-state index contributed by atoms with van der Waals surface area (Å²) in [6.45, 7) is 2.75. The summed E-state index contributed by atoms with van der Waals surface area (Å²) in [6.07, 6.45) is 5.07. The van der Waals surface area contributed by atoms with Gasteiger partial charge in [0.2, 0.25) is 0 Å². The molecule has 6 rings (SSSR count). The molecule has 0 amide bonds. The van der Waals surface area contributed by atoms with Gasteiger partial charge in [-0.15, -0.1) is 0 Å². The monoisotopic (exact) mass is 517 g/mol. The minimum atomic E-state index is -0.366. The number of fused-ring (bicyclic) bond motifs is 4. The van der Waals surface area contributed by atoms with Crippen LogP contribution in [0.1, 0.15) is 31.5 Å². The second kappa shape index (κ2) is 10.2. The average Bonchev–Trinajstić information content (AvgIpc) is 3.23. The molecular formula is C30H33ClFN5. The highest BCUT2D eigenvalue weighted by molar-refractivity contribution is 6.35. The Labute approximate surface area is 222 Å². The van der Waals surface area contributed by atoms with Crippen LogP contribution in [0.25, 0.3) is 32.8 Å². The van der Waals surface area contributed by atoms with E-state index >= 15 is 4.39 Å². The summed E-state index contributed by atoms with van der Waals surface area (Å²) in [5, 5.41) is 6.80. The number of anilines is 1. The van der Waals surface area contributed by atoms with Crippen molar-refractivity contribution < 1.29 is 4.39 Å². The topological polar surface area (TPSA) is 44.3 Å². The summed E-state index contributed by atoms with van der Waals surface area (Å²) in [5.41, 5.74) is 1.57. The van der Waals surface area contributed by atoms with Gasteiger partial charge < -0.3 is 15.1 Å². The van der Waals surface area contributed by atoms with E-state index in [9.17, 15) is 0 Å². The zero-order valence-corrected chi connectivity index (χ0v) is 22.2. The standard InChI is InChI=1S/C30H33ClFN5/c1-36(2)15-6-5-12-26-34-29-24(30(35-26)37-17-20-13-14-21(18-37)33-20)16-25(31)27(28(29)32)23-11-7-9-19-8-3-4-10-22(19)23/h3-4,7-11,16,20-21,33H,5-6,12-15,17-18H2,1-2H3/t20-,21+. The number of piperazine rings is 1. The first-order valence-corrected chi connectivity index (χ1v) is 13.7. The fraction of sp³-hybridized carbons (Fsp3) is 0.400. The highest BCUT2D eigenvalue weighted by Gasteiger charge is 2.34. The van der Waals surface area contributed by atoms with Gasteiger partial charge in [0.05, 0.1) is 5.02 Å². The molecule has 2 fully saturated rings. The molecule has 2 aliphatic rings. The van der Waals surface area contributed by atoms with Crippen molar-refractivity contribution in [2.24, 2.45) is 0 Å². The normalized spacial score (nSPS) is 19.4. The fourth-order valence-corrected chi connectivity index (χ4v) is 6.24. The molecule has 2 atom stereocenters. The number of aryl methyl sites for hydroxylation is 1. The highest BCUT2D eigenvalue weighted by Crippen LogP contribution is 2.41. The fourth-order valence-electron chi connectivity index (χ4n) is 5.95. The Kier molecular flexibility index (Phi) is 6.74. The molecule has 1 N–H and O–H groups in total. The van der Waals surface area contributed by atoms with Crippen LogP contribution in [0.4, 0.5) is 10.2 Å². The van der Waals surface area contributed by atoms with E-state index in [4.69, 9.17) is 21.6 Å². The summed E-state index contributed by atoms with van der Waals surface area (Å²) in [7, 11) is 4.16. The minimum Gasteiger partial charge on any atom is -0.353 e. The van der Waals surface area contributed by atoms with Crippen LogP contribution < -0.4 is 10.2 Å². The van der Waals surface area contributed by atoms with Gasteiger partial charge >= 0.3 is 0 Å². The molecule has 2 aliphatic heterocycles. The number of hydrogen-bond donors (Lipinski definition) is 1. The summed E-state index contributed by atoms with van der Waals surface area (Å²) >= 11 is 6.86. The average molecular weight is 518 g/mol. The third kappa shape index (κ3) is 4.78. The predicted octanol–water partition coefficient (Wildman–Crippen LogP) is 6.07. The molecule has 192 valence electrons. The molecule has 37 heavy (non-hydrogen) atoms. The predicted molar refractivity (Wildman–Crippen MR) is 151 cm³/mol. The first kappa shape index (κ1) is 24.5. The van der Waals surface area contributed by atoms with Crippen molar-refractivity contribution in [3.63, 3.8) is 0 Å². The molecule has 0 aliphatic carbocycles. The molecule has 7 heteroatoms. The van der Waals surface area contributed by atoms with Crippen LogP contribution in [-0.4, -0.2) is 60.7 Å². The Bertz CT molecular complexity index is 1440. The van der Waals surface area contributed by atoms with Crippen molar-refractivity contribution in [1.29, 1.82) is 0 Å². The summed E-state index contributed by atoms with van der Waals surface area (Å²) in [4.78, 5) is 14.3. The van der Waals surface area contributed by atoms with Crippen molar-refractivity contribution in [2.75, 3.05) is 38.6 Å². The maximum absolute atomic E-state index is 16.5. The Morgan fingerprint density at radius 3 is 2.54 bits per heavy atom. The van der Waals surface area contributed by atoms with Gasteiger partial charge in [-0.3, -0.25) is 0 Å². The quantitative estimate of drug-likeness (QED) is 0.301. The van der Waals surface area contributed by atoms with Crippen LogP contribution in [0.5, 0.6) is 0 Å². The van der Waals surface area contributed by atoms with Crippen LogP contribution in [0.3, 0.4) is 0 Å². The molecule has 5 nitrogen and oxygen atoms in total. The Hall–Kier alpha value is -2.80. The van der Waals surface area contributed by atoms with Crippen LogP contribution in [0.2, 0.25) is 5.02 Å². The van der Waals surface area contributed by atoms with Crippen molar-refractivity contribution in [3.05, 3.63) is 65.2 Å². The molecule has 3 heterocycles. The van der Waals surface area contributed by atoms with E-state index in [2.05, 4.69) is 29.2 Å². The van der Waals surface area contributed by atoms with Crippen molar-refractivity contribution in [3.8, 4) is 11.1 Å². The van der Waals surface area contributed by atoms with Gasteiger partial charge in [-0.05, 0) is 68.7 Å². The smallest absolute Gasteiger partial charge is 0.158 e. The molecule has 4 aromatic rings. The van der Waals surface area contributed by atoms with Crippen LogP contribution >= 0.6 is 11.6 Å². The number of nitrogens with zero attached hydrogens (tertiary/aromatic N) is 4. The number of unbranched alkanes of at least 4 members (excludes halogenated alkanes) is 1. The molecule has 2 saturated heterocycles. The second-order valence-corrected chi connectivity index (χ2v) is 11.1. The van der Waals surface area contributed by atoms with Crippen molar-refractivity contribution in [1.82, 2.24) is 20.2 Å². The van der Waals surface area contributed by atoms with E-state index < -0.39 is 0 Å². The molecular weight excluding hydrogens is 485 g/mol. The second-order valence-electron chi connectivity index (χ2n) is 10.7. The van der Waals surface area contributed by atoms with Crippen LogP contribution in [0.15, 0.2) is 48.5 Å². The molecule has 1 aromatic heterocycles. The Balaban J connectivity index is 1.49. The van der Waals surface area contributed by atoms with Gasteiger partial charge in [0.1, 0.15) is 17.2 Å². The third-order valence-corrected chi connectivity index (χ3v) is 8.04. The number of halogens is 2. The first-order chi connectivity index (χ1) is 18.0. The SMILES string of the molecule is CN(C)CCCCc1nc(N2C[C@H]3CC[C@@H](C2)N3)c2cc(Cl)c(-c3cccc4ccccc34)c(F)c2n1. The lowest BCUT2D eigenvalue weighted by Crippen LogP contribution is -2.51. The molecule has 0 spiro atoms. The van der Waals surface area contributed by atoms with Gasteiger partial charge in [0.25, 0.3) is 0 Å². The number of nitrogens with one attached hydrogen (secondary N) is 1. The van der Waals surface area contributed by atoms with Crippen LogP contribution in [-0.2, 0) is 6.42 Å². The largest absolute Gasteiger partial charge is 0.353 e. The Morgan fingerprint density at radius 1 is 1.00 bits per heavy atom.